The van der Waals surface area contributed by atoms with Crippen LogP contribution in [0.25, 0.3) is 0 Å². The third kappa shape index (κ3) is 4.74. The zero-order valence-electron chi connectivity index (χ0n) is 12.7. The van der Waals surface area contributed by atoms with E-state index in [0.29, 0.717) is 23.7 Å². The SMILES string of the molecule is COc1ccc(NC(=O)CC2CCCCCC2)cc1CO. The summed E-state index contributed by atoms with van der Waals surface area (Å²) in [6.45, 7) is -0.102. The van der Waals surface area contributed by atoms with E-state index in [0.717, 1.165) is 18.5 Å². The summed E-state index contributed by atoms with van der Waals surface area (Å²) in [5.41, 5.74) is 1.41. The molecule has 0 bridgehead atoms. The van der Waals surface area contributed by atoms with Crippen LogP contribution in [0.2, 0.25) is 0 Å². The Morgan fingerprint density at radius 3 is 2.62 bits per heavy atom. The number of carbonyl (C=O) groups excluding carboxylic acids is 1. The number of hydrogen-bond acceptors (Lipinski definition) is 3. The van der Waals surface area contributed by atoms with E-state index < -0.39 is 0 Å². The quantitative estimate of drug-likeness (QED) is 0.816. The van der Waals surface area contributed by atoms with Gasteiger partial charge in [0, 0.05) is 17.7 Å². The fourth-order valence-corrected chi connectivity index (χ4v) is 3.02. The Labute approximate surface area is 126 Å². The molecule has 0 spiro atoms. The first-order valence-electron chi connectivity index (χ1n) is 7.80. The molecular weight excluding hydrogens is 266 g/mol. The summed E-state index contributed by atoms with van der Waals surface area (Å²) in [5.74, 6) is 1.22. The van der Waals surface area contributed by atoms with Gasteiger partial charge in [0.2, 0.25) is 5.91 Å². The van der Waals surface area contributed by atoms with Crippen LogP contribution in [0.4, 0.5) is 5.69 Å². The highest BCUT2D eigenvalue weighted by Crippen LogP contribution is 2.26. The molecule has 1 aliphatic rings. The number of anilines is 1. The Bertz CT molecular complexity index is 465. The Kier molecular flexibility index (Phi) is 6.05. The van der Waals surface area contributed by atoms with Gasteiger partial charge in [-0.3, -0.25) is 4.79 Å². The largest absolute Gasteiger partial charge is 0.496 e. The highest BCUT2D eigenvalue weighted by atomic mass is 16.5. The lowest BCUT2D eigenvalue weighted by Crippen LogP contribution is -2.16. The molecule has 0 aliphatic heterocycles. The number of methoxy groups -OCH3 is 1. The Hall–Kier alpha value is -1.55. The average molecular weight is 291 g/mol. The summed E-state index contributed by atoms with van der Waals surface area (Å²) in [5, 5.41) is 12.2. The van der Waals surface area contributed by atoms with Gasteiger partial charge in [-0.2, -0.15) is 0 Å². The van der Waals surface area contributed by atoms with Gasteiger partial charge < -0.3 is 15.2 Å². The van der Waals surface area contributed by atoms with Crippen LogP contribution in [0.15, 0.2) is 18.2 Å². The number of aliphatic hydroxyl groups excluding tert-OH is 1. The van der Waals surface area contributed by atoms with Crippen molar-refractivity contribution >= 4 is 11.6 Å². The highest BCUT2D eigenvalue weighted by Gasteiger charge is 2.16. The van der Waals surface area contributed by atoms with Crippen LogP contribution >= 0.6 is 0 Å². The maximum atomic E-state index is 12.1. The van der Waals surface area contributed by atoms with Crippen LogP contribution in [0.1, 0.15) is 50.5 Å². The Balaban J connectivity index is 1.92. The molecule has 0 atom stereocenters. The van der Waals surface area contributed by atoms with Crippen molar-refractivity contribution in [2.75, 3.05) is 12.4 Å². The van der Waals surface area contributed by atoms with Crippen molar-refractivity contribution in [2.24, 2.45) is 5.92 Å². The average Bonchev–Trinajstić information content (AvgIpc) is 2.75. The van der Waals surface area contributed by atoms with Crippen LogP contribution in [-0.2, 0) is 11.4 Å². The fraction of sp³-hybridized carbons (Fsp3) is 0.588. The number of ether oxygens (including phenoxy) is 1. The van der Waals surface area contributed by atoms with Crippen LogP contribution in [-0.4, -0.2) is 18.1 Å². The normalized spacial score (nSPS) is 16.3. The van der Waals surface area contributed by atoms with E-state index in [9.17, 15) is 9.90 Å². The molecule has 1 aromatic carbocycles. The second kappa shape index (κ2) is 8.03. The molecular formula is C17H25NO3. The van der Waals surface area contributed by atoms with Gasteiger partial charge in [0.1, 0.15) is 5.75 Å². The van der Waals surface area contributed by atoms with E-state index in [1.165, 1.54) is 25.7 Å². The third-order valence-corrected chi connectivity index (χ3v) is 4.18. The van der Waals surface area contributed by atoms with Gasteiger partial charge in [-0.15, -0.1) is 0 Å². The Morgan fingerprint density at radius 2 is 2.00 bits per heavy atom. The summed E-state index contributed by atoms with van der Waals surface area (Å²) in [6.07, 6.45) is 8.02. The Morgan fingerprint density at radius 1 is 1.29 bits per heavy atom. The van der Waals surface area contributed by atoms with E-state index in [-0.39, 0.29) is 12.5 Å². The minimum absolute atomic E-state index is 0.0657. The minimum Gasteiger partial charge on any atom is -0.496 e. The number of nitrogens with one attached hydrogen (secondary N) is 1. The molecule has 0 aromatic heterocycles. The topological polar surface area (TPSA) is 58.6 Å². The van der Waals surface area contributed by atoms with Crippen molar-refractivity contribution in [2.45, 2.75) is 51.6 Å². The summed E-state index contributed by atoms with van der Waals surface area (Å²) < 4.78 is 5.16. The highest BCUT2D eigenvalue weighted by molar-refractivity contribution is 5.91. The van der Waals surface area contributed by atoms with Crippen molar-refractivity contribution in [3.63, 3.8) is 0 Å². The van der Waals surface area contributed by atoms with Crippen molar-refractivity contribution in [1.29, 1.82) is 0 Å². The summed E-state index contributed by atoms with van der Waals surface area (Å²) >= 11 is 0. The molecule has 0 radical (unpaired) electrons. The van der Waals surface area contributed by atoms with Gasteiger partial charge in [0.15, 0.2) is 0 Å². The molecule has 4 heteroatoms. The molecule has 21 heavy (non-hydrogen) atoms. The van der Waals surface area contributed by atoms with Crippen LogP contribution in [0.3, 0.4) is 0 Å². The second-order valence-electron chi connectivity index (χ2n) is 5.79. The molecule has 0 saturated heterocycles. The van der Waals surface area contributed by atoms with Crippen molar-refractivity contribution in [3.05, 3.63) is 23.8 Å². The van der Waals surface area contributed by atoms with E-state index in [4.69, 9.17) is 4.74 Å². The molecule has 4 nitrogen and oxygen atoms in total. The zero-order chi connectivity index (χ0) is 15.1. The molecule has 0 heterocycles. The monoisotopic (exact) mass is 291 g/mol. The lowest BCUT2D eigenvalue weighted by Gasteiger charge is -2.14. The van der Waals surface area contributed by atoms with Gasteiger partial charge in [-0.05, 0) is 37.0 Å². The molecule has 1 aliphatic carbocycles. The van der Waals surface area contributed by atoms with Gasteiger partial charge in [-0.1, -0.05) is 25.7 Å². The van der Waals surface area contributed by atoms with E-state index in [1.54, 1.807) is 19.2 Å². The number of rotatable bonds is 5. The molecule has 116 valence electrons. The summed E-state index contributed by atoms with van der Waals surface area (Å²) in [6, 6.07) is 5.35. The van der Waals surface area contributed by atoms with Crippen LogP contribution in [0, 0.1) is 5.92 Å². The van der Waals surface area contributed by atoms with Gasteiger partial charge >= 0.3 is 0 Å². The molecule has 1 aromatic rings. The predicted octanol–water partition coefficient (Wildman–Crippen LogP) is 3.49. The second-order valence-corrected chi connectivity index (χ2v) is 5.79. The van der Waals surface area contributed by atoms with Crippen molar-refractivity contribution in [3.8, 4) is 5.75 Å². The number of benzene rings is 1. The number of amides is 1. The van der Waals surface area contributed by atoms with Crippen LogP contribution < -0.4 is 10.1 Å². The van der Waals surface area contributed by atoms with Gasteiger partial charge in [-0.25, -0.2) is 0 Å². The maximum absolute atomic E-state index is 12.1. The molecule has 2 N–H and O–H groups in total. The smallest absolute Gasteiger partial charge is 0.224 e. The molecule has 0 unspecified atom stereocenters. The van der Waals surface area contributed by atoms with E-state index in [2.05, 4.69) is 5.32 Å². The predicted molar refractivity (Wildman–Crippen MR) is 83.4 cm³/mol. The standard InChI is InChI=1S/C17H25NO3/c1-21-16-9-8-15(11-14(16)12-19)18-17(20)10-13-6-4-2-3-5-7-13/h8-9,11,13,19H,2-7,10,12H2,1H3,(H,18,20). The van der Waals surface area contributed by atoms with E-state index >= 15 is 0 Å². The molecule has 1 amide bonds. The lowest BCUT2D eigenvalue weighted by molar-refractivity contribution is -0.117. The molecule has 2 rings (SSSR count). The third-order valence-electron chi connectivity index (χ3n) is 4.18. The van der Waals surface area contributed by atoms with Crippen molar-refractivity contribution < 1.29 is 14.6 Å². The molecule has 1 fully saturated rings. The van der Waals surface area contributed by atoms with E-state index in [1.807, 2.05) is 6.07 Å². The lowest BCUT2D eigenvalue weighted by atomic mass is 9.96. The fourth-order valence-electron chi connectivity index (χ4n) is 3.02. The van der Waals surface area contributed by atoms with Gasteiger partial charge in [0.05, 0.1) is 13.7 Å². The zero-order valence-corrected chi connectivity index (χ0v) is 12.7. The molecule has 1 saturated carbocycles. The maximum Gasteiger partial charge on any atom is 0.224 e. The minimum atomic E-state index is -0.102. The first-order chi connectivity index (χ1) is 10.2. The first-order valence-corrected chi connectivity index (χ1v) is 7.80. The number of aliphatic hydroxyl groups is 1. The van der Waals surface area contributed by atoms with Crippen LogP contribution in [0.5, 0.6) is 5.75 Å². The number of carbonyl (C=O) groups is 1. The summed E-state index contributed by atoms with van der Waals surface area (Å²) in [4.78, 5) is 12.1. The summed E-state index contributed by atoms with van der Waals surface area (Å²) in [7, 11) is 1.57. The van der Waals surface area contributed by atoms with Crippen molar-refractivity contribution in [1.82, 2.24) is 0 Å². The first kappa shape index (κ1) is 15.8. The van der Waals surface area contributed by atoms with Gasteiger partial charge in [0.25, 0.3) is 0 Å². The number of hydrogen-bond donors (Lipinski definition) is 2.